The van der Waals surface area contributed by atoms with E-state index in [2.05, 4.69) is 9.88 Å². The summed E-state index contributed by atoms with van der Waals surface area (Å²) >= 11 is 0. The molecule has 1 saturated heterocycles. The first-order valence-corrected chi connectivity index (χ1v) is 8.50. The first-order valence-electron chi connectivity index (χ1n) is 8.50. The number of anilines is 1. The molecule has 25 heavy (non-hydrogen) atoms. The third-order valence-electron chi connectivity index (χ3n) is 4.54. The molecule has 0 N–H and O–H groups in total. The fourth-order valence-electron chi connectivity index (χ4n) is 3.31. The predicted molar refractivity (Wildman–Crippen MR) is 96.2 cm³/mol. The van der Waals surface area contributed by atoms with E-state index in [0.717, 1.165) is 42.7 Å². The van der Waals surface area contributed by atoms with Crippen molar-refractivity contribution in [2.24, 2.45) is 0 Å². The van der Waals surface area contributed by atoms with Gasteiger partial charge in [-0.25, -0.2) is 4.98 Å². The maximum atomic E-state index is 11.3. The Labute approximate surface area is 146 Å². The molecule has 2 aromatic rings. The van der Waals surface area contributed by atoms with Crippen LogP contribution in [-0.2, 0) is 9.47 Å². The molecule has 1 aromatic heterocycles. The molecule has 0 bridgehead atoms. The van der Waals surface area contributed by atoms with Crippen molar-refractivity contribution in [1.29, 1.82) is 0 Å². The van der Waals surface area contributed by atoms with Gasteiger partial charge in [0.05, 0.1) is 24.2 Å². The van der Waals surface area contributed by atoms with Crippen LogP contribution in [0, 0.1) is 17.0 Å². The molecule has 1 aromatic carbocycles. The fourth-order valence-corrected chi connectivity index (χ4v) is 3.31. The second-order valence-corrected chi connectivity index (χ2v) is 6.26. The number of hydrogen-bond acceptors (Lipinski definition) is 6. The highest BCUT2D eigenvalue weighted by atomic mass is 16.6. The zero-order chi connectivity index (χ0) is 17.8. The van der Waals surface area contributed by atoms with E-state index in [1.54, 1.807) is 13.2 Å². The Morgan fingerprint density at radius 3 is 2.76 bits per heavy atom. The zero-order valence-electron chi connectivity index (χ0n) is 14.6. The summed E-state index contributed by atoms with van der Waals surface area (Å²) in [4.78, 5) is 17.6. The number of aromatic nitrogens is 1. The van der Waals surface area contributed by atoms with E-state index in [4.69, 9.17) is 9.47 Å². The normalized spacial score (nSPS) is 15.7. The van der Waals surface area contributed by atoms with E-state index in [1.807, 2.05) is 19.1 Å². The number of nitro benzene ring substituents is 1. The minimum absolute atomic E-state index is 0.0558. The lowest BCUT2D eigenvalue weighted by Gasteiger charge is -2.34. The van der Waals surface area contributed by atoms with E-state index in [9.17, 15) is 10.1 Å². The van der Waals surface area contributed by atoms with Crippen molar-refractivity contribution in [3.05, 3.63) is 40.1 Å². The number of methoxy groups -OCH3 is 1. The summed E-state index contributed by atoms with van der Waals surface area (Å²) in [6.07, 6.45) is 2.11. The molecule has 0 amide bonds. The molecule has 0 atom stereocenters. The Morgan fingerprint density at radius 1 is 1.32 bits per heavy atom. The summed E-state index contributed by atoms with van der Waals surface area (Å²) in [5, 5.41) is 12.1. The average molecular weight is 345 g/mol. The summed E-state index contributed by atoms with van der Waals surface area (Å²) in [5.41, 5.74) is 2.32. The molecular weight excluding hydrogens is 322 g/mol. The molecule has 7 nitrogen and oxygen atoms in total. The number of para-hydroxylation sites is 1. The third-order valence-corrected chi connectivity index (χ3v) is 4.54. The van der Waals surface area contributed by atoms with Crippen LogP contribution in [0.2, 0.25) is 0 Å². The van der Waals surface area contributed by atoms with Crippen LogP contribution in [-0.4, -0.2) is 49.4 Å². The average Bonchev–Trinajstić information content (AvgIpc) is 2.61. The molecule has 3 rings (SSSR count). The van der Waals surface area contributed by atoms with Crippen molar-refractivity contribution < 1.29 is 14.4 Å². The molecule has 7 heteroatoms. The largest absolute Gasteiger partial charge is 0.382 e. The Hall–Kier alpha value is -2.25. The second kappa shape index (κ2) is 7.76. The van der Waals surface area contributed by atoms with Gasteiger partial charge in [-0.05, 0) is 25.8 Å². The maximum absolute atomic E-state index is 11.3. The van der Waals surface area contributed by atoms with Gasteiger partial charge in [0.25, 0.3) is 5.69 Å². The van der Waals surface area contributed by atoms with Gasteiger partial charge in [0.15, 0.2) is 5.52 Å². The van der Waals surface area contributed by atoms with Gasteiger partial charge in [-0.3, -0.25) is 10.1 Å². The number of aryl methyl sites for hydroxylation is 1. The molecule has 0 radical (unpaired) electrons. The van der Waals surface area contributed by atoms with E-state index in [-0.39, 0.29) is 16.7 Å². The van der Waals surface area contributed by atoms with Crippen molar-refractivity contribution in [1.82, 2.24) is 4.98 Å². The second-order valence-electron chi connectivity index (χ2n) is 6.26. The number of pyridine rings is 1. The maximum Gasteiger partial charge on any atom is 0.295 e. The highest BCUT2D eigenvalue weighted by molar-refractivity contribution is 5.97. The Morgan fingerprint density at radius 2 is 2.08 bits per heavy atom. The SMILES string of the molecule is COCCOC1CCN(c2cc(C)nc3c([N+](=O)[O-])cccc23)CC1. The minimum Gasteiger partial charge on any atom is -0.382 e. The van der Waals surface area contributed by atoms with Gasteiger partial charge in [-0.1, -0.05) is 12.1 Å². The van der Waals surface area contributed by atoms with Crippen molar-refractivity contribution >= 4 is 22.3 Å². The number of non-ortho nitro benzene ring substituents is 1. The summed E-state index contributed by atoms with van der Waals surface area (Å²) in [5.74, 6) is 0. The lowest BCUT2D eigenvalue weighted by Crippen LogP contribution is -2.37. The van der Waals surface area contributed by atoms with Crippen LogP contribution in [0.1, 0.15) is 18.5 Å². The molecule has 1 fully saturated rings. The number of benzene rings is 1. The first-order chi connectivity index (χ1) is 12.1. The molecule has 1 aliphatic rings. The highest BCUT2D eigenvalue weighted by Gasteiger charge is 2.23. The zero-order valence-corrected chi connectivity index (χ0v) is 14.6. The monoisotopic (exact) mass is 345 g/mol. The predicted octanol–water partition coefficient (Wildman–Crippen LogP) is 3.08. The van der Waals surface area contributed by atoms with Crippen LogP contribution in [0.15, 0.2) is 24.3 Å². The lowest BCUT2D eigenvalue weighted by atomic mass is 10.0. The Kier molecular flexibility index (Phi) is 5.45. The standard InChI is InChI=1S/C18H23N3O4/c1-13-12-17(15-4-3-5-16(21(22)23)18(15)19-13)20-8-6-14(7-9-20)25-11-10-24-2/h3-5,12,14H,6-11H2,1-2H3. The van der Waals surface area contributed by atoms with Crippen LogP contribution >= 0.6 is 0 Å². The van der Waals surface area contributed by atoms with Crippen LogP contribution in [0.25, 0.3) is 10.9 Å². The summed E-state index contributed by atoms with van der Waals surface area (Å²) in [7, 11) is 1.67. The van der Waals surface area contributed by atoms with Gasteiger partial charge in [0.1, 0.15) is 0 Å². The van der Waals surface area contributed by atoms with Gasteiger partial charge in [-0.15, -0.1) is 0 Å². The smallest absolute Gasteiger partial charge is 0.295 e. The van der Waals surface area contributed by atoms with Gasteiger partial charge < -0.3 is 14.4 Å². The quantitative estimate of drug-likeness (QED) is 0.455. The fraction of sp³-hybridized carbons (Fsp3) is 0.500. The van der Waals surface area contributed by atoms with Gasteiger partial charge in [-0.2, -0.15) is 0 Å². The molecule has 0 saturated carbocycles. The first kappa shape index (κ1) is 17.6. The van der Waals surface area contributed by atoms with Crippen LogP contribution in [0.4, 0.5) is 11.4 Å². The van der Waals surface area contributed by atoms with Crippen LogP contribution < -0.4 is 4.90 Å². The van der Waals surface area contributed by atoms with Crippen molar-refractivity contribution in [3.8, 4) is 0 Å². The molecule has 0 aliphatic carbocycles. The van der Waals surface area contributed by atoms with Crippen molar-refractivity contribution in [3.63, 3.8) is 0 Å². The number of rotatable bonds is 6. The number of ether oxygens (including phenoxy) is 2. The number of nitro groups is 1. The Bertz CT molecular complexity index is 757. The van der Waals surface area contributed by atoms with E-state index < -0.39 is 0 Å². The van der Waals surface area contributed by atoms with Gasteiger partial charge in [0.2, 0.25) is 0 Å². The number of fused-ring (bicyclic) bond motifs is 1. The number of hydrogen-bond donors (Lipinski definition) is 0. The molecular formula is C18H23N3O4. The topological polar surface area (TPSA) is 77.7 Å². The van der Waals surface area contributed by atoms with Crippen LogP contribution in [0.5, 0.6) is 0 Å². The molecule has 0 spiro atoms. The van der Waals surface area contributed by atoms with E-state index in [1.165, 1.54) is 6.07 Å². The molecule has 1 aliphatic heterocycles. The molecule has 0 unspecified atom stereocenters. The van der Waals surface area contributed by atoms with Crippen molar-refractivity contribution in [2.75, 3.05) is 38.3 Å². The van der Waals surface area contributed by atoms with Crippen LogP contribution in [0.3, 0.4) is 0 Å². The van der Waals surface area contributed by atoms with Crippen molar-refractivity contribution in [2.45, 2.75) is 25.9 Å². The highest BCUT2D eigenvalue weighted by Crippen LogP contribution is 2.33. The summed E-state index contributed by atoms with van der Waals surface area (Å²) in [6, 6.07) is 7.15. The third kappa shape index (κ3) is 3.88. The number of piperidine rings is 1. The lowest BCUT2D eigenvalue weighted by molar-refractivity contribution is -0.383. The minimum atomic E-state index is -0.367. The number of nitrogens with zero attached hydrogens (tertiary/aromatic N) is 3. The van der Waals surface area contributed by atoms with Gasteiger partial charge >= 0.3 is 0 Å². The molecule has 134 valence electrons. The van der Waals surface area contributed by atoms with E-state index in [0.29, 0.717) is 18.7 Å². The summed E-state index contributed by atoms with van der Waals surface area (Å²) in [6.45, 7) is 4.82. The van der Waals surface area contributed by atoms with Gasteiger partial charge in [0, 0.05) is 43.0 Å². The summed E-state index contributed by atoms with van der Waals surface area (Å²) < 4.78 is 10.8. The van der Waals surface area contributed by atoms with E-state index >= 15 is 0 Å². The Balaban J connectivity index is 1.83. The molecule has 2 heterocycles.